The Kier molecular flexibility index (Phi) is 12.6. The molecule has 3 N–H and O–H groups in total. The van der Waals surface area contributed by atoms with Crippen LogP contribution in [-0.4, -0.2) is 43.5 Å². The Balaban J connectivity index is -0.00000112. The monoisotopic (exact) mass is 301 g/mol. The topological polar surface area (TPSA) is 58.4 Å². The quantitative estimate of drug-likeness (QED) is 0.812. The smallest absolute Gasteiger partial charge is 0.236 e. The molecule has 0 aliphatic carbocycles. The van der Waals surface area contributed by atoms with Crippen molar-refractivity contribution in [1.29, 1.82) is 0 Å². The predicted molar refractivity (Wildman–Crippen MR) is 82.7 cm³/mol. The standard InChI is InChI=1S/C12H27N3O.2ClH/c1-9(13)11(16)14-10(12(2,3)4)7-8-15(5)6;;/h9-10H,7-8,13H2,1-6H3,(H,14,16);2*1H. The molecule has 0 heterocycles. The molecule has 0 fully saturated rings. The summed E-state index contributed by atoms with van der Waals surface area (Å²) >= 11 is 0. The van der Waals surface area contributed by atoms with Crippen molar-refractivity contribution in [2.24, 2.45) is 11.1 Å². The van der Waals surface area contributed by atoms with Gasteiger partial charge in [0.15, 0.2) is 0 Å². The highest BCUT2D eigenvalue weighted by molar-refractivity contribution is 5.85. The lowest BCUT2D eigenvalue weighted by Crippen LogP contribution is -2.50. The fraction of sp³-hybridized carbons (Fsp3) is 0.917. The number of halogens is 2. The SMILES string of the molecule is CC(N)C(=O)NC(CCN(C)C)C(C)(C)C.Cl.Cl. The summed E-state index contributed by atoms with van der Waals surface area (Å²) in [7, 11) is 4.07. The van der Waals surface area contributed by atoms with Gasteiger partial charge in [0.05, 0.1) is 6.04 Å². The minimum absolute atomic E-state index is 0. The van der Waals surface area contributed by atoms with Gasteiger partial charge in [0.2, 0.25) is 5.91 Å². The molecule has 4 nitrogen and oxygen atoms in total. The van der Waals surface area contributed by atoms with E-state index in [4.69, 9.17) is 5.73 Å². The van der Waals surface area contributed by atoms with Crippen molar-refractivity contribution in [3.63, 3.8) is 0 Å². The largest absolute Gasteiger partial charge is 0.351 e. The van der Waals surface area contributed by atoms with Crippen LogP contribution in [0.25, 0.3) is 0 Å². The Morgan fingerprint density at radius 1 is 1.28 bits per heavy atom. The maximum absolute atomic E-state index is 11.6. The van der Waals surface area contributed by atoms with E-state index in [-0.39, 0.29) is 42.2 Å². The third-order valence-corrected chi connectivity index (χ3v) is 2.64. The van der Waals surface area contributed by atoms with Gasteiger partial charge in [-0.05, 0) is 39.4 Å². The third kappa shape index (κ3) is 9.95. The first-order valence-corrected chi connectivity index (χ1v) is 5.85. The van der Waals surface area contributed by atoms with E-state index >= 15 is 0 Å². The summed E-state index contributed by atoms with van der Waals surface area (Å²) in [6, 6.07) is -0.280. The molecule has 0 saturated carbocycles. The van der Waals surface area contributed by atoms with Crippen molar-refractivity contribution in [1.82, 2.24) is 10.2 Å². The van der Waals surface area contributed by atoms with Gasteiger partial charge in [0.25, 0.3) is 0 Å². The lowest BCUT2D eigenvalue weighted by atomic mass is 9.84. The van der Waals surface area contributed by atoms with Gasteiger partial charge in [-0.1, -0.05) is 20.8 Å². The number of nitrogens with two attached hydrogens (primary N) is 1. The number of nitrogens with one attached hydrogen (secondary N) is 1. The van der Waals surface area contributed by atoms with Crippen LogP contribution in [0.1, 0.15) is 34.1 Å². The molecule has 0 spiro atoms. The summed E-state index contributed by atoms with van der Waals surface area (Å²) < 4.78 is 0. The number of hydrogen-bond donors (Lipinski definition) is 2. The molecule has 112 valence electrons. The summed E-state index contributed by atoms with van der Waals surface area (Å²) in [5.74, 6) is -0.0707. The Morgan fingerprint density at radius 3 is 2.00 bits per heavy atom. The van der Waals surface area contributed by atoms with Crippen LogP contribution < -0.4 is 11.1 Å². The number of nitrogens with zero attached hydrogens (tertiary/aromatic N) is 1. The molecule has 2 unspecified atom stereocenters. The number of amides is 1. The first kappa shape index (κ1) is 23.1. The van der Waals surface area contributed by atoms with Gasteiger partial charge in [-0.25, -0.2) is 0 Å². The van der Waals surface area contributed by atoms with Crippen LogP contribution in [0, 0.1) is 5.41 Å². The van der Waals surface area contributed by atoms with Crippen LogP contribution in [0.2, 0.25) is 0 Å². The second kappa shape index (κ2) is 9.84. The molecule has 0 radical (unpaired) electrons. The fourth-order valence-electron chi connectivity index (χ4n) is 1.41. The maximum Gasteiger partial charge on any atom is 0.236 e. The van der Waals surface area contributed by atoms with E-state index in [0.29, 0.717) is 0 Å². The average Bonchev–Trinajstić information content (AvgIpc) is 2.09. The van der Waals surface area contributed by atoms with Crippen molar-refractivity contribution in [2.75, 3.05) is 20.6 Å². The van der Waals surface area contributed by atoms with E-state index in [1.165, 1.54) is 0 Å². The minimum Gasteiger partial charge on any atom is -0.351 e. The van der Waals surface area contributed by atoms with Crippen molar-refractivity contribution in [3.05, 3.63) is 0 Å². The molecule has 0 aromatic rings. The summed E-state index contributed by atoms with van der Waals surface area (Å²) in [6.45, 7) is 9.07. The third-order valence-electron chi connectivity index (χ3n) is 2.64. The average molecular weight is 302 g/mol. The molecule has 6 heteroatoms. The van der Waals surface area contributed by atoms with Crippen LogP contribution in [0.5, 0.6) is 0 Å². The van der Waals surface area contributed by atoms with Crippen molar-refractivity contribution in [2.45, 2.75) is 46.2 Å². The van der Waals surface area contributed by atoms with E-state index in [9.17, 15) is 4.79 Å². The number of carbonyl (C=O) groups excluding carboxylic acids is 1. The van der Waals surface area contributed by atoms with E-state index in [2.05, 4.69) is 31.0 Å². The van der Waals surface area contributed by atoms with Gasteiger partial charge >= 0.3 is 0 Å². The first-order valence-electron chi connectivity index (χ1n) is 5.85. The Bertz CT molecular complexity index is 228. The summed E-state index contributed by atoms with van der Waals surface area (Å²) in [5.41, 5.74) is 5.62. The summed E-state index contributed by atoms with van der Waals surface area (Å²) in [6.07, 6.45) is 0.939. The highest BCUT2D eigenvalue weighted by Gasteiger charge is 2.26. The molecule has 0 rings (SSSR count). The van der Waals surface area contributed by atoms with Crippen LogP contribution in [0.4, 0.5) is 0 Å². The molecule has 0 aliphatic rings. The lowest BCUT2D eigenvalue weighted by Gasteiger charge is -2.33. The molecule has 1 amide bonds. The van der Waals surface area contributed by atoms with Crippen LogP contribution in [-0.2, 0) is 4.79 Å². The molecule has 0 aromatic carbocycles. The Hall–Kier alpha value is -0.0300. The van der Waals surface area contributed by atoms with E-state index < -0.39 is 6.04 Å². The lowest BCUT2D eigenvalue weighted by molar-refractivity contribution is -0.123. The molecule has 0 aliphatic heterocycles. The zero-order valence-electron chi connectivity index (χ0n) is 12.3. The van der Waals surface area contributed by atoms with Crippen LogP contribution >= 0.6 is 24.8 Å². The van der Waals surface area contributed by atoms with Crippen molar-refractivity contribution in [3.8, 4) is 0 Å². The molecular weight excluding hydrogens is 273 g/mol. The van der Waals surface area contributed by atoms with Gasteiger partial charge in [0.1, 0.15) is 0 Å². The van der Waals surface area contributed by atoms with Gasteiger partial charge in [-0.2, -0.15) is 0 Å². The van der Waals surface area contributed by atoms with Crippen molar-refractivity contribution < 1.29 is 4.79 Å². The normalized spacial score (nSPS) is 14.2. The summed E-state index contributed by atoms with van der Waals surface area (Å²) in [5, 5.41) is 3.02. The second-order valence-corrected chi connectivity index (χ2v) is 5.81. The molecule has 18 heavy (non-hydrogen) atoms. The van der Waals surface area contributed by atoms with Gasteiger partial charge < -0.3 is 16.0 Å². The fourth-order valence-corrected chi connectivity index (χ4v) is 1.41. The first-order chi connectivity index (χ1) is 7.14. The minimum atomic E-state index is -0.441. The van der Waals surface area contributed by atoms with E-state index in [0.717, 1.165) is 13.0 Å². The second-order valence-electron chi connectivity index (χ2n) is 5.81. The predicted octanol–water partition coefficient (Wildman–Crippen LogP) is 1.66. The maximum atomic E-state index is 11.6. The van der Waals surface area contributed by atoms with Crippen molar-refractivity contribution >= 4 is 30.7 Å². The Labute approximate surface area is 124 Å². The van der Waals surface area contributed by atoms with Crippen LogP contribution in [0.15, 0.2) is 0 Å². The van der Waals surface area contributed by atoms with Gasteiger partial charge in [-0.15, -0.1) is 24.8 Å². The summed E-state index contributed by atoms with van der Waals surface area (Å²) in [4.78, 5) is 13.7. The molecule has 0 saturated heterocycles. The molecule has 0 bridgehead atoms. The van der Waals surface area contributed by atoms with Crippen LogP contribution in [0.3, 0.4) is 0 Å². The zero-order valence-corrected chi connectivity index (χ0v) is 14.0. The van der Waals surface area contributed by atoms with Gasteiger partial charge in [-0.3, -0.25) is 4.79 Å². The molecule has 2 atom stereocenters. The van der Waals surface area contributed by atoms with E-state index in [1.807, 2.05) is 14.1 Å². The Morgan fingerprint density at radius 2 is 1.72 bits per heavy atom. The molecule has 0 aromatic heterocycles. The zero-order chi connectivity index (χ0) is 12.9. The van der Waals surface area contributed by atoms with Gasteiger partial charge in [0, 0.05) is 6.04 Å². The number of carbonyl (C=O) groups is 1. The molecular formula is C12H29Cl2N3O. The number of rotatable bonds is 5. The number of hydrogen-bond acceptors (Lipinski definition) is 3. The highest BCUT2D eigenvalue weighted by atomic mass is 35.5. The van der Waals surface area contributed by atoms with E-state index in [1.54, 1.807) is 6.92 Å². The highest BCUT2D eigenvalue weighted by Crippen LogP contribution is 2.21.